The average molecular weight is 130 g/mol. The summed E-state index contributed by atoms with van der Waals surface area (Å²) in [6.45, 7) is 0. The minimum Gasteiger partial charge on any atom is -0.390 e. The third-order valence-corrected chi connectivity index (χ3v) is 1.95. The first-order valence-corrected chi connectivity index (χ1v) is 3.41. The quantitative estimate of drug-likeness (QED) is 0.401. The van der Waals surface area contributed by atoms with E-state index < -0.39 is 6.10 Å². The zero-order valence-electron chi connectivity index (χ0n) is 5.46. The van der Waals surface area contributed by atoms with Crippen LogP contribution in [0.2, 0.25) is 0 Å². The number of hydrogen-bond acceptors (Lipinski definition) is 3. The SMILES string of the molecule is N[C@@H]1CCC[C@H](N)[C@@H]1O. The lowest BCUT2D eigenvalue weighted by Crippen LogP contribution is -2.50. The molecule has 1 rings (SSSR count). The number of nitrogens with two attached hydrogens (primary N) is 2. The minimum atomic E-state index is -0.473. The van der Waals surface area contributed by atoms with Crippen molar-refractivity contribution in [2.75, 3.05) is 0 Å². The van der Waals surface area contributed by atoms with Gasteiger partial charge in [-0.3, -0.25) is 0 Å². The number of hydrogen-bond donors (Lipinski definition) is 3. The van der Waals surface area contributed by atoms with Gasteiger partial charge in [-0.2, -0.15) is 0 Å². The van der Waals surface area contributed by atoms with Crippen molar-refractivity contribution >= 4 is 0 Å². The number of aliphatic hydroxyl groups is 1. The van der Waals surface area contributed by atoms with Crippen molar-refractivity contribution in [3.63, 3.8) is 0 Å². The summed E-state index contributed by atoms with van der Waals surface area (Å²) >= 11 is 0. The molecule has 1 fully saturated rings. The predicted molar refractivity (Wildman–Crippen MR) is 35.8 cm³/mol. The molecule has 0 aromatic rings. The van der Waals surface area contributed by atoms with E-state index in [1.54, 1.807) is 0 Å². The molecule has 0 aromatic heterocycles. The number of aliphatic hydroxyl groups excluding tert-OH is 1. The van der Waals surface area contributed by atoms with Crippen molar-refractivity contribution in [3.8, 4) is 0 Å². The second-order valence-corrected chi connectivity index (χ2v) is 2.75. The van der Waals surface area contributed by atoms with Gasteiger partial charge in [0.25, 0.3) is 0 Å². The fourth-order valence-electron chi connectivity index (χ4n) is 1.25. The Balaban J connectivity index is 2.41. The molecule has 0 aliphatic heterocycles. The summed E-state index contributed by atoms with van der Waals surface area (Å²) in [6, 6.07) is -0.178. The molecule has 3 heteroatoms. The van der Waals surface area contributed by atoms with E-state index in [1.165, 1.54) is 0 Å². The molecule has 0 spiro atoms. The highest BCUT2D eigenvalue weighted by molar-refractivity contribution is 4.86. The van der Waals surface area contributed by atoms with Gasteiger partial charge >= 0.3 is 0 Å². The molecule has 1 aliphatic carbocycles. The van der Waals surface area contributed by atoms with Crippen LogP contribution >= 0.6 is 0 Å². The van der Waals surface area contributed by atoms with E-state index in [-0.39, 0.29) is 12.1 Å². The van der Waals surface area contributed by atoms with Crippen LogP contribution in [0.3, 0.4) is 0 Å². The molecule has 3 nitrogen and oxygen atoms in total. The van der Waals surface area contributed by atoms with Gasteiger partial charge in [-0.05, 0) is 12.8 Å². The normalized spacial score (nSPS) is 45.0. The maximum Gasteiger partial charge on any atom is 0.0841 e. The molecule has 0 unspecified atom stereocenters. The van der Waals surface area contributed by atoms with Crippen LogP contribution < -0.4 is 11.5 Å². The fraction of sp³-hybridized carbons (Fsp3) is 1.00. The van der Waals surface area contributed by atoms with Gasteiger partial charge in [0, 0.05) is 12.1 Å². The van der Waals surface area contributed by atoms with E-state index in [0.29, 0.717) is 0 Å². The van der Waals surface area contributed by atoms with Crippen LogP contribution in [-0.4, -0.2) is 23.3 Å². The zero-order chi connectivity index (χ0) is 6.85. The van der Waals surface area contributed by atoms with E-state index >= 15 is 0 Å². The molecule has 5 N–H and O–H groups in total. The van der Waals surface area contributed by atoms with Crippen molar-refractivity contribution in [1.82, 2.24) is 0 Å². The molecule has 0 bridgehead atoms. The maximum atomic E-state index is 9.20. The molecule has 9 heavy (non-hydrogen) atoms. The largest absolute Gasteiger partial charge is 0.390 e. The smallest absolute Gasteiger partial charge is 0.0841 e. The molecule has 0 amide bonds. The summed E-state index contributed by atoms with van der Waals surface area (Å²) < 4.78 is 0. The Morgan fingerprint density at radius 1 is 1.11 bits per heavy atom. The molecule has 0 heterocycles. The Morgan fingerprint density at radius 2 is 1.56 bits per heavy atom. The molecule has 54 valence electrons. The molecular formula is C6H14N2O. The van der Waals surface area contributed by atoms with E-state index in [4.69, 9.17) is 11.5 Å². The Bertz CT molecular complexity index is 87.1. The van der Waals surface area contributed by atoms with Crippen LogP contribution in [0.5, 0.6) is 0 Å². The Labute approximate surface area is 55.0 Å². The maximum absolute atomic E-state index is 9.20. The summed E-state index contributed by atoms with van der Waals surface area (Å²) in [5, 5.41) is 9.20. The summed E-state index contributed by atoms with van der Waals surface area (Å²) in [7, 11) is 0. The molecule has 0 aromatic carbocycles. The highest BCUT2D eigenvalue weighted by Crippen LogP contribution is 2.15. The lowest BCUT2D eigenvalue weighted by atomic mass is 9.89. The number of rotatable bonds is 0. The Kier molecular flexibility index (Phi) is 2.05. The topological polar surface area (TPSA) is 72.3 Å². The average Bonchev–Trinajstić information content (AvgIpc) is 1.83. The van der Waals surface area contributed by atoms with Gasteiger partial charge in [0.15, 0.2) is 0 Å². The lowest BCUT2D eigenvalue weighted by molar-refractivity contribution is 0.0879. The fourth-order valence-corrected chi connectivity index (χ4v) is 1.25. The van der Waals surface area contributed by atoms with Gasteiger partial charge in [-0.25, -0.2) is 0 Å². The van der Waals surface area contributed by atoms with Crippen molar-refractivity contribution in [3.05, 3.63) is 0 Å². The van der Waals surface area contributed by atoms with Crippen LogP contribution in [-0.2, 0) is 0 Å². The summed E-state index contributed by atoms with van der Waals surface area (Å²) in [5.74, 6) is 0. The Morgan fingerprint density at radius 3 is 1.89 bits per heavy atom. The zero-order valence-corrected chi connectivity index (χ0v) is 5.46. The standard InChI is InChI=1S/C6H14N2O/c7-4-2-1-3-5(8)6(4)9/h4-6,9H,1-3,7-8H2/t4-,5+,6-. The van der Waals surface area contributed by atoms with E-state index in [2.05, 4.69) is 0 Å². The van der Waals surface area contributed by atoms with Crippen molar-refractivity contribution in [1.29, 1.82) is 0 Å². The van der Waals surface area contributed by atoms with E-state index in [0.717, 1.165) is 19.3 Å². The molecule has 0 radical (unpaired) electrons. The monoisotopic (exact) mass is 130 g/mol. The van der Waals surface area contributed by atoms with E-state index in [9.17, 15) is 5.11 Å². The molecule has 1 aliphatic rings. The van der Waals surface area contributed by atoms with Gasteiger partial charge in [0.2, 0.25) is 0 Å². The van der Waals surface area contributed by atoms with Crippen molar-refractivity contribution in [2.24, 2.45) is 11.5 Å². The van der Waals surface area contributed by atoms with Crippen LogP contribution in [0.25, 0.3) is 0 Å². The minimum absolute atomic E-state index is 0.0891. The first-order chi connectivity index (χ1) is 4.22. The van der Waals surface area contributed by atoms with Crippen LogP contribution in [0.15, 0.2) is 0 Å². The molecule has 1 saturated carbocycles. The Hall–Kier alpha value is -0.120. The third-order valence-electron chi connectivity index (χ3n) is 1.95. The highest BCUT2D eigenvalue weighted by atomic mass is 16.3. The van der Waals surface area contributed by atoms with Crippen molar-refractivity contribution < 1.29 is 5.11 Å². The van der Waals surface area contributed by atoms with Gasteiger partial charge in [0.05, 0.1) is 6.10 Å². The van der Waals surface area contributed by atoms with Gasteiger partial charge in [-0.15, -0.1) is 0 Å². The van der Waals surface area contributed by atoms with Gasteiger partial charge in [-0.1, -0.05) is 6.42 Å². The predicted octanol–water partition coefficient (Wildman–Crippen LogP) is -0.814. The van der Waals surface area contributed by atoms with Gasteiger partial charge in [0.1, 0.15) is 0 Å². The molecular weight excluding hydrogens is 116 g/mol. The lowest BCUT2D eigenvalue weighted by Gasteiger charge is -2.29. The second-order valence-electron chi connectivity index (χ2n) is 2.75. The van der Waals surface area contributed by atoms with E-state index in [1.807, 2.05) is 0 Å². The summed E-state index contributed by atoms with van der Waals surface area (Å²) in [6.07, 6.45) is 2.40. The summed E-state index contributed by atoms with van der Waals surface area (Å²) in [4.78, 5) is 0. The van der Waals surface area contributed by atoms with Gasteiger partial charge < -0.3 is 16.6 Å². The van der Waals surface area contributed by atoms with Crippen LogP contribution in [0, 0.1) is 0 Å². The van der Waals surface area contributed by atoms with Crippen LogP contribution in [0.4, 0.5) is 0 Å². The third kappa shape index (κ3) is 1.41. The summed E-state index contributed by atoms with van der Waals surface area (Å²) in [5.41, 5.74) is 11.1. The molecule has 0 saturated heterocycles. The molecule has 3 atom stereocenters. The second kappa shape index (κ2) is 2.64. The highest BCUT2D eigenvalue weighted by Gasteiger charge is 2.25. The van der Waals surface area contributed by atoms with Crippen molar-refractivity contribution in [2.45, 2.75) is 37.5 Å². The first kappa shape index (κ1) is 6.99. The van der Waals surface area contributed by atoms with Crippen LogP contribution in [0.1, 0.15) is 19.3 Å². The first-order valence-electron chi connectivity index (χ1n) is 3.41.